The number of carbonyl (C=O) groups excluding carboxylic acids is 1. The van der Waals surface area contributed by atoms with Crippen molar-refractivity contribution in [2.45, 2.75) is 20.8 Å². The molecule has 2 heterocycles. The van der Waals surface area contributed by atoms with E-state index in [0.717, 1.165) is 47.3 Å². The lowest BCUT2D eigenvalue weighted by Crippen LogP contribution is -2.47. The Hall–Kier alpha value is -1.72. The van der Waals surface area contributed by atoms with Crippen LogP contribution in [0.2, 0.25) is 0 Å². The van der Waals surface area contributed by atoms with Crippen molar-refractivity contribution in [3.8, 4) is 10.6 Å². The van der Waals surface area contributed by atoms with Crippen molar-refractivity contribution in [2.24, 2.45) is 0 Å². The molecule has 1 saturated heterocycles. The predicted molar refractivity (Wildman–Crippen MR) is 95.2 cm³/mol. The number of hydrogen-bond donors (Lipinski definition) is 0. The Labute approximate surface area is 141 Å². The van der Waals surface area contributed by atoms with Gasteiger partial charge in [0, 0.05) is 31.7 Å². The third-order valence-corrected chi connectivity index (χ3v) is 5.57. The fourth-order valence-electron chi connectivity index (χ4n) is 2.92. The largest absolute Gasteiger partial charge is 0.335 e. The first-order valence-corrected chi connectivity index (χ1v) is 8.80. The summed E-state index contributed by atoms with van der Waals surface area (Å²) in [6, 6.07) is 6.36. The zero-order valence-electron chi connectivity index (χ0n) is 14.2. The van der Waals surface area contributed by atoms with Crippen LogP contribution >= 0.6 is 11.3 Å². The third kappa shape index (κ3) is 3.31. The van der Waals surface area contributed by atoms with Gasteiger partial charge < -0.3 is 9.80 Å². The molecule has 5 heteroatoms. The second-order valence-electron chi connectivity index (χ2n) is 6.35. The molecule has 1 fully saturated rings. The number of aryl methyl sites for hydroxylation is 3. The molecule has 1 aliphatic rings. The molecule has 2 aromatic rings. The van der Waals surface area contributed by atoms with Crippen LogP contribution in [-0.2, 0) is 0 Å². The summed E-state index contributed by atoms with van der Waals surface area (Å²) in [4.78, 5) is 22.4. The molecule has 0 atom stereocenters. The van der Waals surface area contributed by atoms with Gasteiger partial charge in [0.15, 0.2) is 0 Å². The van der Waals surface area contributed by atoms with E-state index in [0.29, 0.717) is 0 Å². The molecule has 23 heavy (non-hydrogen) atoms. The van der Waals surface area contributed by atoms with E-state index >= 15 is 0 Å². The van der Waals surface area contributed by atoms with E-state index in [-0.39, 0.29) is 5.91 Å². The zero-order chi connectivity index (χ0) is 16.6. The molecule has 0 bridgehead atoms. The number of nitrogens with zero attached hydrogens (tertiary/aromatic N) is 3. The molecule has 122 valence electrons. The van der Waals surface area contributed by atoms with E-state index in [9.17, 15) is 4.79 Å². The van der Waals surface area contributed by atoms with E-state index in [2.05, 4.69) is 49.0 Å². The van der Waals surface area contributed by atoms with Gasteiger partial charge in [-0.2, -0.15) is 0 Å². The fraction of sp³-hybridized carbons (Fsp3) is 0.444. The van der Waals surface area contributed by atoms with E-state index in [1.54, 1.807) is 0 Å². The number of carbonyl (C=O) groups is 1. The molecule has 0 spiro atoms. The first kappa shape index (κ1) is 16.1. The highest BCUT2D eigenvalue weighted by Crippen LogP contribution is 2.31. The number of hydrogen-bond acceptors (Lipinski definition) is 4. The topological polar surface area (TPSA) is 36.4 Å². The molecule has 1 aromatic carbocycles. The SMILES string of the molecule is Cc1ccc(-c2nc(C)c(C(=O)N3CCN(C)CC3)s2)c(C)c1. The Bertz CT molecular complexity index is 730. The van der Waals surface area contributed by atoms with Crippen LogP contribution in [0.15, 0.2) is 18.2 Å². The molecule has 3 rings (SSSR count). The highest BCUT2D eigenvalue weighted by molar-refractivity contribution is 7.17. The van der Waals surface area contributed by atoms with Crippen LogP contribution in [0.3, 0.4) is 0 Å². The van der Waals surface area contributed by atoms with Gasteiger partial charge in [-0.3, -0.25) is 4.79 Å². The summed E-state index contributed by atoms with van der Waals surface area (Å²) in [6.45, 7) is 9.60. The lowest BCUT2D eigenvalue weighted by atomic mass is 10.1. The van der Waals surface area contributed by atoms with Crippen LogP contribution in [-0.4, -0.2) is 53.9 Å². The Balaban J connectivity index is 1.87. The van der Waals surface area contributed by atoms with Gasteiger partial charge in [-0.05, 0) is 33.4 Å². The number of aromatic nitrogens is 1. The average Bonchev–Trinajstić information content (AvgIpc) is 2.89. The fourth-order valence-corrected chi connectivity index (χ4v) is 4.04. The highest BCUT2D eigenvalue weighted by Gasteiger charge is 2.24. The van der Waals surface area contributed by atoms with Gasteiger partial charge in [0.25, 0.3) is 5.91 Å². The number of piperazine rings is 1. The molecule has 0 radical (unpaired) electrons. The summed E-state index contributed by atoms with van der Waals surface area (Å²) in [5.74, 6) is 0.129. The minimum absolute atomic E-state index is 0.129. The third-order valence-electron chi connectivity index (χ3n) is 4.39. The molecule has 1 aromatic heterocycles. The van der Waals surface area contributed by atoms with Crippen LogP contribution in [0.4, 0.5) is 0 Å². The van der Waals surface area contributed by atoms with Crippen molar-refractivity contribution >= 4 is 17.2 Å². The van der Waals surface area contributed by atoms with Gasteiger partial charge in [-0.15, -0.1) is 11.3 Å². The number of amides is 1. The van der Waals surface area contributed by atoms with E-state index in [1.165, 1.54) is 22.5 Å². The van der Waals surface area contributed by atoms with E-state index < -0.39 is 0 Å². The van der Waals surface area contributed by atoms with E-state index in [4.69, 9.17) is 0 Å². The van der Waals surface area contributed by atoms with Gasteiger partial charge in [-0.25, -0.2) is 4.98 Å². The van der Waals surface area contributed by atoms with Gasteiger partial charge in [0.1, 0.15) is 9.88 Å². The predicted octanol–water partition coefficient (Wildman–Crippen LogP) is 3.12. The maximum atomic E-state index is 12.8. The molecular weight excluding hydrogens is 306 g/mol. The molecule has 1 amide bonds. The maximum Gasteiger partial charge on any atom is 0.265 e. The molecule has 0 unspecified atom stereocenters. The van der Waals surface area contributed by atoms with Crippen molar-refractivity contribution in [3.05, 3.63) is 39.9 Å². The first-order chi connectivity index (χ1) is 11.0. The van der Waals surface area contributed by atoms with E-state index in [1.807, 2.05) is 11.8 Å². The first-order valence-electron chi connectivity index (χ1n) is 7.98. The van der Waals surface area contributed by atoms with Crippen LogP contribution < -0.4 is 0 Å². The van der Waals surface area contributed by atoms with Gasteiger partial charge in [-0.1, -0.05) is 23.8 Å². The number of benzene rings is 1. The number of thiazole rings is 1. The molecule has 0 N–H and O–H groups in total. The zero-order valence-corrected chi connectivity index (χ0v) is 15.0. The summed E-state index contributed by atoms with van der Waals surface area (Å²) in [7, 11) is 2.10. The van der Waals surface area contributed by atoms with Crippen molar-refractivity contribution in [2.75, 3.05) is 33.2 Å². The second-order valence-corrected chi connectivity index (χ2v) is 7.35. The molecule has 0 saturated carbocycles. The van der Waals surface area contributed by atoms with Crippen molar-refractivity contribution < 1.29 is 4.79 Å². The second kappa shape index (κ2) is 6.42. The van der Waals surface area contributed by atoms with Crippen molar-refractivity contribution in [1.82, 2.24) is 14.8 Å². The standard InChI is InChI=1S/C18H23N3OS/c1-12-5-6-15(13(2)11-12)17-19-14(3)16(23-17)18(22)21-9-7-20(4)8-10-21/h5-6,11H,7-10H2,1-4H3. The minimum Gasteiger partial charge on any atom is -0.335 e. The number of likely N-dealkylation sites (N-methyl/N-ethyl adjacent to an activating group) is 1. The molecule has 4 nitrogen and oxygen atoms in total. The summed E-state index contributed by atoms with van der Waals surface area (Å²) < 4.78 is 0. The molecule has 0 aliphatic carbocycles. The minimum atomic E-state index is 0.129. The quantitative estimate of drug-likeness (QED) is 0.849. The summed E-state index contributed by atoms with van der Waals surface area (Å²) in [6.07, 6.45) is 0. The maximum absolute atomic E-state index is 12.8. The van der Waals surface area contributed by atoms with Crippen molar-refractivity contribution in [1.29, 1.82) is 0 Å². The monoisotopic (exact) mass is 329 g/mol. The van der Waals surface area contributed by atoms with Crippen LogP contribution in [0.1, 0.15) is 26.5 Å². The van der Waals surface area contributed by atoms with Crippen LogP contribution in [0.25, 0.3) is 10.6 Å². The van der Waals surface area contributed by atoms with Gasteiger partial charge >= 0.3 is 0 Å². The van der Waals surface area contributed by atoms with Crippen molar-refractivity contribution in [3.63, 3.8) is 0 Å². The van der Waals surface area contributed by atoms with Crippen LogP contribution in [0, 0.1) is 20.8 Å². The Morgan fingerprint density at radius 3 is 2.48 bits per heavy atom. The average molecular weight is 329 g/mol. The normalized spacial score (nSPS) is 15.9. The number of rotatable bonds is 2. The molecule has 1 aliphatic heterocycles. The Morgan fingerprint density at radius 1 is 1.13 bits per heavy atom. The summed E-state index contributed by atoms with van der Waals surface area (Å²) in [5.41, 5.74) is 4.42. The highest BCUT2D eigenvalue weighted by atomic mass is 32.1. The lowest BCUT2D eigenvalue weighted by Gasteiger charge is -2.32. The van der Waals surface area contributed by atoms with Gasteiger partial charge in [0.05, 0.1) is 5.69 Å². The smallest absolute Gasteiger partial charge is 0.265 e. The molecular formula is C18H23N3OS. The summed E-state index contributed by atoms with van der Waals surface area (Å²) >= 11 is 1.52. The van der Waals surface area contributed by atoms with Gasteiger partial charge in [0.2, 0.25) is 0 Å². The lowest BCUT2D eigenvalue weighted by molar-refractivity contribution is 0.0668. The Morgan fingerprint density at radius 2 is 1.83 bits per heavy atom. The summed E-state index contributed by atoms with van der Waals surface area (Å²) in [5, 5.41) is 0.942. The van der Waals surface area contributed by atoms with Crippen LogP contribution in [0.5, 0.6) is 0 Å². The Kier molecular flexibility index (Phi) is 4.50.